The lowest BCUT2D eigenvalue weighted by Crippen LogP contribution is -2.43. The van der Waals surface area contributed by atoms with Crippen LogP contribution in [-0.4, -0.2) is 55.2 Å². The molecule has 0 aliphatic carbocycles. The van der Waals surface area contributed by atoms with Gasteiger partial charge >= 0.3 is 0 Å². The van der Waals surface area contributed by atoms with Gasteiger partial charge in [-0.2, -0.15) is 0 Å². The highest BCUT2D eigenvalue weighted by atomic mass is 35.5. The van der Waals surface area contributed by atoms with Crippen molar-refractivity contribution < 1.29 is 9.53 Å². The van der Waals surface area contributed by atoms with Gasteiger partial charge in [-0.1, -0.05) is 40.6 Å². The Kier molecular flexibility index (Phi) is 6.60. The summed E-state index contributed by atoms with van der Waals surface area (Å²) in [5.41, 5.74) is 3.70. The molecule has 8 heteroatoms. The summed E-state index contributed by atoms with van der Waals surface area (Å²) in [6.07, 6.45) is 0. The van der Waals surface area contributed by atoms with Crippen molar-refractivity contribution >= 4 is 55.8 Å². The number of fused-ring (bicyclic) bond motifs is 1. The highest BCUT2D eigenvalue weighted by molar-refractivity contribution is 7.22. The molecule has 1 amide bonds. The van der Waals surface area contributed by atoms with Crippen molar-refractivity contribution in [2.75, 3.05) is 44.3 Å². The molecule has 3 aromatic rings. The summed E-state index contributed by atoms with van der Waals surface area (Å²) in [6.45, 7) is 8.57. The van der Waals surface area contributed by atoms with Gasteiger partial charge in [-0.25, -0.2) is 4.98 Å². The molecule has 1 aliphatic heterocycles. The molecule has 0 atom stereocenters. The Morgan fingerprint density at radius 1 is 1.20 bits per heavy atom. The van der Waals surface area contributed by atoms with Crippen LogP contribution in [-0.2, 0) is 4.74 Å². The zero-order chi connectivity index (χ0) is 21.3. The predicted molar refractivity (Wildman–Crippen MR) is 124 cm³/mol. The third kappa shape index (κ3) is 4.48. The second-order valence-electron chi connectivity index (χ2n) is 7.39. The van der Waals surface area contributed by atoms with E-state index in [0.29, 0.717) is 27.3 Å². The number of thiazole rings is 1. The topological polar surface area (TPSA) is 45.7 Å². The van der Waals surface area contributed by atoms with E-state index >= 15 is 0 Å². The number of ether oxygens (including phenoxy) is 1. The van der Waals surface area contributed by atoms with Gasteiger partial charge in [0.2, 0.25) is 0 Å². The average Bonchev–Trinajstić information content (AvgIpc) is 3.16. The maximum absolute atomic E-state index is 13.5. The fourth-order valence-corrected chi connectivity index (χ4v) is 5.03. The van der Waals surface area contributed by atoms with E-state index in [1.165, 1.54) is 16.9 Å². The molecule has 1 aliphatic rings. The molecule has 0 bridgehead atoms. The molecule has 1 aromatic heterocycles. The van der Waals surface area contributed by atoms with Crippen molar-refractivity contribution in [1.82, 2.24) is 9.88 Å². The van der Waals surface area contributed by atoms with Crippen LogP contribution in [0, 0.1) is 13.8 Å². The number of amides is 1. The number of halogens is 2. The van der Waals surface area contributed by atoms with Gasteiger partial charge in [0.25, 0.3) is 5.91 Å². The quantitative estimate of drug-likeness (QED) is 0.521. The maximum Gasteiger partial charge on any atom is 0.261 e. The normalized spacial score (nSPS) is 14.9. The first-order valence-corrected chi connectivity index (χ1v) is 11.4. The predicted octanol–water partition coefficient (Wildman–Crippen LogP) is 5.20. The van der Waals surface area contributed by atoms with Crippen LogP contribution in [0.4, 0.5) is 5.13 Å². The fraction of sp³-hybridized carbons (Fsp3) is 0.364. The van der Waals surface area contributed by atoms with Crippen LogP contribution in [0.5, 0.6) is 0 Å². The van der Waals surface area contributed by atoms with Crippen molar-refractivity contribution in [3.8, 4) is 0 Å². The number of morpholine rings is 1. The second kappa shape index (κ2) is 9.20. The molecule has 158 valence electrons. The Bertz CT molecular complexity index is 1080. The van der Waals surface area contributed by atoms with Gasteiger partial charge in [0.15, 0.2) is 5.13 Å². The number of anilines is 1. The molecule has 0 radical (unpaired) electrons. The Morgan fingerprint density at radius 3 is 2.70 bits per heavy atom. The van der Waals surface area contributed by atoms with Crippen LogP contribution in [0.25, 0.3) is 10.2 Å². The Hall–Kier alpha value is -1.70. The minimum atomic E-state index is -0.168. The molecule has 0 saturated carbocycles. The van der Waals surface area contributed by atoms with E-state index in [9.17, 15) is 4.79 Å². The number of aryl methyl sites for hydroxylation is 2. The molecule has 1 saturated heterocycles. The van der Waals surface area contributed by atoms with Gasteiger partial charge in [0, 0.05) is 31.2 Å². The van der Waals surface area contributed by atoms with Gasteiger partial charge in [0.1, 0.15) is 0 Å². The Balaban J connectivity index is 1.69. The van der Waals surface area contributed by atoms with Crippen molar-refractivity contribution in [3.05, 3.63) is 57.1 Å². The Labute approximate surface area is 190 Å². The molecule has 0 N–H and O–H groups in total. The molecule has 4 rings (SSSR count). The highest BCUT2D eigenvalue weighted by Crippen LogP contribution is 2.33. The highest BCUT2D eigenvalue weighted by Gasteiger charge is 2.25. The molecule has 2 heterocycles. The summed E-state index contributed by atoms with van der Waals surface area (Å²) in [6, 6.07) is 9.13. The van der Waals surface area contributed by atoms with Crippen LogP contribution in [0.3, 0.4) is 0 Å². The third-order valence-electron chi connectivity index (χ3n) is 5.45. The summed E-state index contributed by atoms with van der Waals surface area (Å²) in [5.74, 6) is -0.168. The lowest BCUT2D eigenvalue weighted by atomic mass is 10.1. The lowest BCUT2D eigenvalue weighted by Gasteiger charge is -2.29. The van der Waals surface area contributed by atoms with Crippen LogP contribution in [0.15, 0.2) is 30.3 Å². The van der Waals surface area contributed by atoms with E-state index in [0.717, 1.165) is 48.6 Å². The monoisotopic (exact) mass is 463 g/mol. The van der Waals surface area contributed by atoms with E-state index in [4.69, 9.17) is 32.9 Å². The summed E-state index contributed by atoms with van der Waals surface area (Å²) in [4.78, 5) is 22.4. The van der Waals surface area contributed by atoms with Crippen LogP contribution in [0.1, 0.15) is 21.5 Å². The standard InChI is InChI=1S/C22H23Cl2N3O2S/c1-14-3-6-19-20(15(14)2)25-22(30-19)27(8-7-26-9-11-29-12-10-26)21(28)17-5-4-16(23)13-18(17)24/h3-6,13H,7-12H2,1-2H3. The first kappa shape index (κ1) is 21.5. The minimum absolute atomic E-state index is 0.168. The van der Waals surface area contributed by atoms with Crippen molar-refractivity contribution in [3.63, 3.8) is 0 Å². The molecule has 1 fully saturated rings. The molecule has 5 nitrogen and oxygen atoms in total. The van der Waals surface area contributed by atoms with Gasteiger partial charge in [0.05, 0.1) is 34.0 Å². The first-order valence-electron chi connectivity index (χ1n) is 9.88. The summed E-state index contributed by atoms with van der Waals surface area (Å²) >= 11 is 13.9. The number of hydrogen-bond donors (Lipinski definition) is 0. The van der Waals surface area contributed by atoms with Crippen molar-refractivity contribution in [1.29, 1.82) is 0 Å². The zero-order valence-electron chi connectivity index (χ0n) is 17.0. The SMILES string of the molecule is Cc1ccc2sc(N(CCN3CCOCC3)C(=O)c3ccc(Cl)cc3Cl)nc2c1C. The number of rotatable bonds is 5. The van der Waals surface area contributed by atoms with E-state index in [1.54, 1.807) is 23.1 Å². The zero-order valence-corrected chi connectivity index (χ0v) is 19.3. The van der Waals surface area contributed by atoms with Crippen LogP contribution in [0.2, 0.25) is 10.0 Å². The summed E-state index contributed by atoms with van der Waals surface area (Å²) < 4.78 is 6.51. The number of carbonyl (C=O) groups excluding carboxylic acids is 1. The molecule has 0 spiro atoms. The fourth-order valence-electron chi connectivity index (χ4n) is 3.49. The number of nitrogens with zero attached hydrogens (tertiary/aromatic N) is 3. The smallest absolute Gasteiger partial charge is 0.261 e. The van der Waals surface area contributed by atoms with Crippen molar-refractivity contribution in [2.45, 2.75) is 13.8 Å². The molecular formula is C22H23Cl2N3O2S. The minimum Gasteiger partial charge on any atom is -0.379 e. The largest absolute Gasteiger partial charge is 0.379 e. The number of carbonyl (C=O) groups is 1. The van der Waals surface area contributed by atoms with Gasteiger partial charge in [-0.3, -0.25) is 14.6 Å². The lowest BCUT2D eigenvalue weighted by molar-refractivity contribution is 0.0391. The first-order chi connectivity index (χ1) is 14.4. The molecule has 30 heavy (non-hydrogen) atoms. The molecule has 0 unspecified atom stereocenters. The molecule has 2 aromatic carbocycles. The number of benzene rings is 2. The third-order valence-corrected chi connectivity index (χ3v) is 7.05. The van der Waals surface area contributed by atoms with Gasteiger partial charge < -0.3 is 4.74 Å². The van der Waals surface area contributed by atoms with Gasteiger partial charge in [-0.05, 0) is 49.2 Å². The van der Waals surface area contributed by atoms with E-state index in [2.05, 4.69) is 30.9 Å². The van der Waals surface area contributed by atoms with Crippen LogP contribution >= 0.6 is 34.5 Å². The van der Waals surface area contributed by atoms with Crippen LogP contribution < -0.4 is 4.90 Å². The summed E-state index contributed by atoms with van der Waals surface area (Å²) in [5, 5.41) is 1.53. The van der Waals surface area contributed by atoms with E-state index < -0.39 is 0 Å². The number of aromatic nitrogens is 1. The second-order valence-corrected chi connectivity index (χ2v) is 9.24. The van der Waals surface area contributed by atoms with Gasteiger partial charge in [-0.15, -0.1) is 0 Å². The summed E-state index contributed by atoms with van der Waals surface area (Å²) in [7, 11) is 0. The van der Waals surface area contributed by atoms with Crippen molar-refractivity contribution in [2.24, 2.45) is 0 Å². The average molecular weight is 464 g/mol. The number of hydrogen-bond acceptors (Lipinski definition) is 5. The Morgan fingerprint density at radius 2 is 1.97 bits per heavy atom. The van der Waals surface area contributed by atoms with E-state index in [-0.39, 0.29) is 5.91 Å². The van der Waals surface area contributed by atoms with E-state index in [1.807, 2.05) is 0 Å². The molecular weight excluding hydrogens is 441 g/mol. The maximum atomic E-state index is 13.5.